The lowest BCUT2D eigenvalue weighted by molar-refractivity contribution is 0.0292. The predicted octanol–water partition coefficient (Wildman–Crippen LogP) is 4.15. The smallest absolute Gasteiger partial charge is 0.497 e. The van der Waals surface area contributed by atoms with Gasteiger partial charge in [-0.1, -0.05) is 42.5 Å². The molecule has 0 saturated heterocycles. The zero-order valence-corrected chi connectivity index (χ0v) is 12.8. The molecule has 0 amide bonds. The van der Waals surface area contributed by atoms with Gasteiger partial charge < -0.3 is 14.2 Å². The summed E-state index contributed by atoms with van der Waals surface area (Å²) in [5.41, 5.74) is 2.01. The van der Waals surface area contributed by atoms with Crippen molar-refractivity contribution in [3.63, 3.8) is 0 Å². The van der Waals surface area contributed by atoms with Gasteiger partial charge in [-0.25, -0.2) is 4.79 Å². The SMILES string of the molecule is COc1ccc(CCOC(=O)OC(C)c2ccccc2)cc1. The van der Waals surface area contributed by atoms with E-state index >= 15 is 0 Å². The van der Waals surface area contributed by atoms with E-state index in [4.69, 9.17) is 14.2 Å². The molecule has 4 heteroatoms. The van der Waals surface area contributed by atoms with Crippen LogP contribution in [0.4, 0.5) is 4.79 Å². The van der Waals surface area contributed by atoms with Crippen LogP contribution < -0.4 is 4.74 Å². The maximum Gasteiger partial charge on any atom is 0.508 e. The molecular weight excluding hydrogens is 280 g/mol. The summed E-state index contributed by atoms with van der Waals surface area (Å²) in [5, 5.41) is 0. The van der Waals surface area contributed by atoms with Gasteiger partial charge in [0.1, 0.15) is 11.9 Å². The summed E-state index contributed by atoms with van der Waals surface area (Å²) in [6, 6.07) is 17.2. The Morgan fingerprint density at radius 1 is 1.05 bits per heavy atom. The minimum absolute atomic E-state index is 0.284. The van der Waals surface area contributed by atoms with Gasteiger partial charge >= 0.3 is 6.16 Å². The monoisotopic (exact) mass is 300 g/mol. The second-order valence-electron chi connectivity index (χ2n) is 4.87. The average Bonchev–Trinajstić information content (AvgIpc) is 2.56. The lowest BCUT2D eigenvalue weighted by Crippen LogP contribution is -2.12. The van der Waals surface area contributed by atoms with Crippen molar-refractivity contribution in [2.24, 2.45) is 0 Å². The lowest BCUT2D eigenvalue weighted by Gasteiger charge is -2.13. The van der Waals surface area contributed by atoms with Crippen LogP contribution in [0.15, 0.2) is 54.6 Å². The molecule has 0 saturated carbocycles. The fraction of sp³-hybridized carbons (Fsp3) is 0.278. The van der Waals surface area contributed by atoms with Gasteiger partial charge in [-0.05, 0) is 30.2 Å². The molecule has 22 heavy (non-hydrogen) atoms. The molecule has 1 unspecified atom stereocenters. The van der Waals surface area contributed by atoms with Crippen LogP contribution in [0.1, 0.15) is 24.2 Å². The first kappa shape index (κ1) is 15.9. The van der Waals surface area contributed by atoms with Crippen molar-refractivity contribution in [2.45, 2.75) is 19.4 Å². The van der Waals surface area contributed by atoms with Crippen LogP contribution in [0.2, 0.25) is 0 Å². The molecule has 0 radical (unpaired) electrons. The molecule has 1 atom stereocenters. The first-order chi connectivity index (χ1) is 10.7. The number of hydrogen-bond donors (Lipinski definition) is 0. The first-order valence-corrected chi connectivity index (χ1v) is 7.20. The van der Waals surface area contributed by atoms with Crippen molar-refractivity contribution in [1.82, 2.24) is 0 Å². The lowest BCUT2D eigenvalue weighted by atomic mass is 10.1. The van der Waals surface area contributed by atoms with Crippen molar-refractivity contribution in [2.75, 3.05) is 13.7 Å². The molecule has 0 aliphatic heterocycles. The van der Waals surface area contributed by atoms with E-state index in [1.807, 2.05) is 61.5 Å². The van der Waals surface area contributed by atoms with E-state index in [1.165, 1.54) is 0 Å². The van der Waals surface area contributed by atoms with Crippen LogP contribution in [0.25, 0.3) is 0 Å². The highest BCUT2D eigenvalue weighted by Crippen LogP contribution is 2.17. The van der Waals surface area contributed by atoms with Gasteiger partial charge in [-0.3, -0.25) is 0 Å². The molecule has 2 aromatic carbocycles. The standard InChI is InChI=1S/C18H20O4/c1-14(16-6-4-3-5-7-16)22-18(19)21-13-12-15-8-10-17(20-2)11-9-15/h3-11,14H,12-13H2,1-2H3. The number of carbonyl (C=O) groups excluding carboxylic acids is 1. The Morgan fingerprint density at radius 3 is 2.36 bits per heavy atom. The second-order valence-corrected chi connectivity index (χ2v) is 4.87. The molecular formula is C18H20O4. The van der Waals surface area contributed by atoms with E-state index in [-0.39, 0.29) is 12.7 Å². The van der Waals surface area contributed by atoms with Gasteiger partial charge in [0.25, 0.3) is 0 Å². The van der Waals surface area contributed by atoms with Gasteiger partial charge in [0, 0.05) is 6.42 Å². The highest BCUT2D eigenvalue weighted by atomic mass is 16.7. The minimum atomic E-state index is -0.648. The maximum atomic E-state index is 11.7. The molecule has 0 aliphatic rings. The summed E-state index contributed by atoms with van der Waals surface area (Å²) >= 11 is 0. The number of benzene rings is 2. The molecule has 2 aromatic rings. The Hall–Kier alpha value is -2.49. The van der Waals surface area contributed by atoms with Crippen molar-refractivity contribution in [3.8, 4) is 5.75 Å². The quantitative estimate of drug-likeness (QED) is 0.752. The zero-order valence-electron chi connectivity index (χ0n) is 12.8. The Bertz CT molecular complexity index is 578. The van der Waals surface area contributed by atoms with Gasteiger partial charge in [0.2, 0.25) is 0 Å². The van der Waals surface area contributed by atoms with Crippen LogP contribution in [-0.4, -0.2) is 19.9 Å². The molecule has 0 fully saturated rings. The van der Waals surface area contributed by atoms with E-state index in [1.54, 1.807) is 7.11 Å². The van der Waals surface area contributed by atoms with Crippen LogP contribution >= 0.6 is 0 Å². The summed E-state index contributed by atoms with van der Waals surface area (Å²) < 4.78 is 15.4. The predicted molar refractivity (Wildman–Crippen MR) is 84.0 cm³/mol. The maximum absolute atomic E-state index is 11.7. The summed E-state index contributed by atoms with van der Waals surface area (Å²) in [6.45, 7) is 2.10. The Kier molecular flexibility index (Phi) is 5.83. The highest BCUT2D eigenvalue weighted by Gasteiger charge is 2.12. The third kappa shape index (κ3) is 4.81. The van der Waals surface area contributed by atoms with Crippen LogP contribution in [0, 0.1) is 0 Å². The Labute approximate surface area is 130 Å². The summed E-state index contributed by atoms with van der Waals surface area (Å²) in [4.78, 5) is 11.7. The van der Waals surface area contributed by atoms with E-state index in [0.29, 0.717) is 6.42 Å². The van der Waals surface area contributed by atoms with Crippen molar-refractivity contribution >= 4 is 6.16 Å². The summed E-state index contributed by atoms with van der Waals surface area (Å²) in [6.07, 6.45) is -0.335. The molecule has 4 nitrogen and oxygen atoms in total. The van der Waals surface area contributed by atoms with Crippen molar-refractivity contribution < 1.29 is 19.0 Å². The van der Waals surface area contributed by atoms with Gasteiger partial charge in [0.15, 0.2) is 0 Å². The first-order valence-electron chi connectivity index (χ1n) is 7.20. The molecule has 2 rings (SSSR count). The molecule has 0 aliphatic carbocycles. The summed E-state index contributed by atoms with van der Waals surface area (Å²) in [7, 11) is 1.63. The fourth-order valence-corrected chi connectivity index (χ4v) is 2.01. The third-order valence-corrected chi connectivity index (χ3v) is 3.31. The van der Waals surface area contributed by atoms with Gasteiger partial charge in [0.05, 0.1) is 13.7 Å². The normalized spacial score (nSPS) is 11.5. The zero-order chi connectivity index (χ0) is 15.8. The van der Waals surface area contributed by atoms with Crippen LogP contribution in [0.5, 0.6) is 5.75 Å². The third-order valence-electron chi connectivity index (χ3n) is 3.31. The number of hydrogen-bond acceptors (Lipinski definition) is 4. The Balaban J connectivity index is 1.73. The molecule has 0 spiro atoms. The number of carbonyl (C=O) groups is 1. The molecule has 116 valence electrons. The molecule has 0 aromatic heterocycles. The number of methoxy groups -OCH3 is 1. The van der Waals surface area contributed by atoms with E-state index < -0.39 is 6.16 Å². The van der Waals surface area contributed by atoms with Crippen molar-refractivity contribution in [3.05, 3.63) is 65.7 Å². The van der Waals surface area contributed by atoms with E-state index in [0.717, 1.165) is 16.9 Å². The topological polar surface area (TPSA) is 44.8 Å². The Morgan fingerprint density at radius 2 is 1.73 bits per heavy atom. The molecule has 0 bridgehead atoms. The largest absolute Gasteiger partial charge is 0.508 e. The van der Waals surface area contributed by atoms with Gasteiger partial charge in [-0.2, -0.15) is 0 Å². The summed E-state index contributed by atoms with van der Waals surface area (Å²) in [5.74, 6) is 0.806. The highest BCUT2D eigenvalue weighted by molar-refractivity contribution is 5.60. The average molecular weight is 300 g/mol. The van der Waals surface area contributed by atoms with E-state index in [2.05, 4.69) is 0 Å². The second kappa shape index (κ2) is 8.08. The molecule has 0 heterocycles. The van der Waals surface area contributed by atoms with Crippen molar-refractivity contribution in [1.29, 1.82) is 0 Å². The van der Waals surface area contributed by atoms with Crippen LogP contribution in [-0.2, 0) is 15.9 Å². The van der Waals surface area contributed by atoms with E-state index in [9.17, 15) is 4.79 Å². The fourth-order valence-electron chi connectivity index (χ4n) is 2.01. The minimum Gasteiger partial charge on any atom is -0.497 e. The van der Waals surface area contributed by atoms with Gasteiger partial charge in [-0.15, -0.1) is 0 Å². The van der Waals surface area contributed by atoms with Crippen LogP contribution in [0.3, 0.4) is 0 Å². The number of ether oxygens (including phenoxy) is 3. The number of rotatable bonds is 6. The molecule has 0 N–H and O–H groups in total.